The molecule has 40 heavy (non-hydrogen) atoms. The Labute approximate surface area is 241 Å². The van der Waals surface area contributed by atoms with Gasteiger partial charge < -0.3 is 39.0 Å². The molecule has 232 valence electrons. The van der Waals surface area contributed by atoms with E-state index in [1.165, 1.54) is 0 Å². The molecular formula is C32H56O8. The second kappa shape index (κ2) is 13.1. The molecule has 5 fully saturated rings. The van der Waals surface area contributed by atoms with Crippen molar-refractivity contribution in [2.45, 2.75) is 109 Å². The first-order valence-corrected chi connectivity index (χ1v) is 16.3. The van der Waals surface area contributed by atoms with Gasteiger partial charge in [0, 0.05) is 51.0 Å². The Bertz CT molecular complexity index is 804. The van der Waals surface area contributed by atoms with Crippen LogP contribution in [0.2, 0.25) is 0 Å². The summed E-state index contributed by atoms with van der Waals surface area (Å²) >= 11 is 0. The van der Waals surface area contributed by atoms with E-state index < -0.39 is 5.79 Å². The maximum Gasteiger partial charge on any atom is 0.169 e. The summed E-state index contributed by atoms with van der Waals surface area (Å²) in [6.45, 7) is 10.7. The van der Waals surface area contributed by atoms with E-state index in [0.717, 1.165) is 44.9 Å². The van der Waals surface area contributed by atoms with Gasteiger partial charge >= 0.3 is 0 Å². The molecule has 5 rings (SSSR count). The summed E-state index contributed by atoms with van der Waals surface area (Å²) in [4.78, 5) is 0. The highest BCUT2D eigenvalue weighted by Crippen LogP contribution is 2.70. The monoisotopic (exact) mass is 568 g/mol. The summed E-state index contributed by atoms with van der Waals surface area (Å²) in [5, 5.41) is 28.3. The van der Waals surface area contributed by atoms with Gasteiger partial charge in [0.05, 0.1) is 31.5 Å². The third-order valence-corrected chi connectivity index (χ3v) is 12.1. The second-order valence-electron chi connectivity index (χ2n) is 13.9. The topological polar surface area (TPSA) is 107 Å². The lowest BCUT2D eigenvalue weighted by Gasteiger charge is -2.65. The van der Waals surface area contributed by atoms with Gasteiger partial charge in [-0.3, -0.25) is 0 Å². The first kappa shape index (κ1) is 31.1. The predicted molar refractivity (Wildman–Crippen MR) is 151 cm³/mol. The molecule has 3 N–H and O–H groups in total. The number of ether oxygens (including phenoxy) is 5. The fourth-order valence-corrected chi connectivity index (χ4v) is 10.2. The first-order valence-electron chi connectivity index (χ1n) is 16.3. The summed E-state index contributed by atoms with van der Waals surface area (Å²) in [6.07, 6.45) is 9.98. The molecule has 0 bridgehead atoms. The van der Waals surface area contributed by atoms with Crippen molar-refractivity contribution in [2.24, 2.45) is 40.4 Å². The molecule has 0 aromatic carbocycles. The van der Waals surface area contributed by atoms with Crippen LogP contribution in [0.4, 0.5) is 0 Å². The molecule has 1 heterocycles. The molecule has 0 spiro atoms. The minimum Gasteiger partial charge on any atom is -0.396 e. The molecule has 1 saturated heterocycles. The largest absolute Gasteiger partial charge is 0.396 e. The molecular weight excluding hydrogens is 512 g/mol. The van der Waals surface area contributed by atoms with Gasteiger partial charge in [-0.1, -0.05) is 13.8 Å². The lowest BCUT2D eigenvalue weighted by Crippen LogP contribution is -2.64. The van der Waals surface area contributed by atoms with Crippen LogP contribution in [0.25, 0.3) is 0 Å². The zero-order chi connectivity index (χ0) is 28.4. The zero-order valence-electron chi connectivity index (χ0n) is 25.2. The smallest absolute Gasteiger partial charge is 0.169 e. The Balaban J connectivity index is 1.46. The highest BCUT2D eigenvalue weighted by atomic mass is 16.7. The van der Waals surface area contributed by atoms with Gasteiger partial charge in [-0.2, -0.15) is 0 Å². The van der Waals surface area contributed by atoms with Crippen molar-refractivity contribution in [3.8, 4) is 0 Å². The summed E-state index contributed by atoms with van der Waals surface area (Å²) in [6, 6.07) is 0. The van der Waals surface area contributed by atoms with E-state index in [1.807, 2.05) is 0 Å². The van der Waals surface area contributed by atoms with Crippen LogP contribution >= 0.6 is 0 Å². The van der Waals surface area contributed by atoms with E-state index in [9.17, 15) is 15.3 Å². The van der Waals surface area contributed by atoms with Crippen molar-refractivity contribution < 1.29 is 39.0 Å². The number of hydrogen-bond acceptors (Lipinski definition) is 8. The van der Waals surface area contributed by atoms with Crippen LogP contribution in [0.1, 0.15) is 85.0 Å². The van der Waals surface area contributed by atoms with E-state index in [-0.39, 0.29) is 54.9 Å². The average molecular weight is 569 g/mol. The quantitative estimate of drug-likeness (QED) is 0.287. The van der Waals surface area contributed by atoms with Crippen LogP contribution in [0.3, 0.4) is 0 Å². The van der Waals surface area contributed by atoms with Crippen LogP contribution in [-0.2, 0) is 23.7 Å². The summed E-state index contributed by atoms with van der Waals surface area (Å²) < 4.78 is 32.3. The number of aliphatic hydroxyl groups excluding tert-OH is 3. The molecule has 0 radical (unpaired) electrons. The van der Waals surface area contributed by atoms with Crippen molar-refractivity contribution in [3.05, 3.63) is 0 Å². The van der Waals surface area contributed by atoms with Crippen LogP contribution in [0.5, 0.6) is 0 Å². The lowest BCUT2D eigenvalue weighted by molar-refractivity contribution is -0.262. The number of hydrogen-bond donors (Lipinski definition) is 3. The summed E-state index contributed by atoms with van der Waals surface area (Å²) in [7, 11) is 0. The van der Waals surface area contributed by atoms with Crippen LogP contribution < -0.4 is 0 Å². The molecule has 8 nitrogen and oxygen atoms in total. The Morgan fingerprint density at radius 2 is 1.38 bits per heavy atom. The highest BCUT2D eigenvalue weighted by molar-refractivity contribution is 5.16. The van der Waals surface area contributed by atoms with Crippen molar-refractivity contribution >= 4 is 0 Å². The Morgan fingerprint density at radius 1 is 0.725 bits per heavy atom. The van der Waals surface area contributed by atoms with Gasteiger partial charge in [0.15, 0.2) is 5.79 Å². The van der Waals surface area contributed by atoms with Crippen LogP contribution in [0.15, 0.2) is 0 Å². The third-order valence-electron chi connectivity index (χ3n) is 12.1. The van der Waals surface area contributed by atoms with Gasteiger partial charge in [-0.15, -0.1) is 0 Å². The highest BCUT2D eigenvalue weighted by Gasteiger charge is 2.69. The first-order chi connectivity index (χ1) is 19.3. The van der Waals surface area contributed by atoms with Gasteiger partial charge in [-0.25, -0.2) is 0 Å². The minimum absolute atomic E-state index is 0.0784. The number of fused-ring (bicyclic) bond motifs is 5. The standard InChI is InChI=1S/C32H56O8/c1-30-10-9-23(36-14-4-11-33)19-22(30)20-26(37-15-5-12-34)29-24-7-8-27(32(3)39-17-18-40-32)31(24,2)28(21-25(29)30)38-16-6-13-35/h22-29,33-35H,4-21H2,1-3H3/t22-,23+,24-,25-,26+,27-,28-,29-,30-,31-/m0/s1. The molecule has 1 aliphatic heterocycles. The molecule has 0 aromatic heterocycles. The van der Waals surface area contributed by atoms with Gasteiger partial charge in [0.25, 0.3) is 0 Å². The lowest BCUT2D eigenvalue weighted by atomic mass is 9.43. The molecule has 4 aliphatic carbocycles. The Kier molecular flexibility index (Phi) is 10.2. The van der Waals surface area contributed by atoms with E-state index in [2.05, 4.69) is 20.8 Å². The van der Waals surface area contributed by atoms with Crippen molar-refractivity contribution in [1.82, 2.24) is 0 Å². The van der Waals surface area contributed by atoms with E-state index in [4.69, 9.17) is 23.7 Å². The minimum atomic E-state index is -0.590. The average Bonchev–Trinajstić information content (AvgIpc) is 3.54. The Morgan fingerprint density at radius 3 is 2.05 bits per heavy atom. The van der Waals surface area contributed by atoms with Crippen LogP contribution in [0, 0.1) is 40.4 Å². The maximum absolute atomic E-state index is 9.56. The molecule has 0 aromatic rings. The van der Waals surface area contributed by atoms with Gasteiger partial charge in [0.1, 0.15) is 0 Å². The number of aliphatic hydroxyl groups is 3. The summed E-state index contributed by atoms with van der Waals surface area (Å²) in [5.41, 5.74) is 0.0860. The van der Waals surface area contributed by atoms with Crippen LogP contribution in [-0.4, -0.2) is 92.3 Å². The number of rotatable bonds is 13. The van der Waals surface area contributed by atoms with Crippen molar-refractivity contribution in [3.63, 3.8) is 0 Å². The van der Waals surface area contributed by atoms with Crippen molar-refractivity contribution in [2.75, 3.05) is 52.9 Å². The van der Waals surface area contributed by atoms with E-state index in [0.29, 0.717) is 76.0 Å². The SMILES string of the molecule is CC1([C@H]2CC[C@H]3[C@@H]4[C@H](OCCCO)C[C@@H]5C[C@H](OCCCO)CC[C@]5(C)[C@H]4C[C@H](OCCCO)[C@]23C)OCCO1. The predicted octanol–water partition coefficient (Wildman–Crippen LogP) is 3.93. The molecule has 0 amide bonds. The summed E-state index contributed by atoms with van der Waals surface area (Å²) in [5.74, 6) is 1.52. The fraction of sp³-hybridized carbons (Fsp3) is 1.00. The maximum atomic E-state index is 9.56. The zero-order valence-corrected chi connectivity index (χ0v) is 25.2. The molecule has 0 unspecified atom stereocenters. The second-order valence-corrected chi connectivity index (χ2v) is 13.9. The molecule has 8 heteroatoms. The van der Waals surface area contributed by atoms with Crippen molar-refractivity contribution in [1.29, 1.82) is 0 Å². The Hall–Kier alpha value is -0.320. The van der Waals surface area contributed by atoms with E-state index in [1.54, 1.807) is 0 Å². The van der Waals surface area contributed by atoms with Gasteiger partial charge in [-0.05, 0) is 100 Å². The fourth-order valence-electron chi connectivity index (χ4n) is 10.2. The molecule has 5 aliphatic rings. The molecule has 10 atom stereocenters. The normalized spacial score (nSPS) is 44.2. The molecule has 4 saturated carbocycles. The third kappa shape index (κ3) is 5.66. The van der Waals surface area contributed by atoms with Gasteiger partial charge in [0.2, 0.25) is 0 Å². The van der Waals surface area contributed by atoms with E-state index >= 15 is 0 Å².